The third-order valence-electron chi connectivity index (χ3n) is 2.49. The van der Waals surface area contributed by atoms with Crippen molar-refractivity contribution < 1.29 is 8.42 Å². The second-order valence-corrected chi connectivity index (χ2v) is 6.05. The van der Waals surface area contributed by atoms with E-state index in [0.717, 1.165) is 4.31 Å². The van der Waals surface area contributed by atoms with Crippen molar-refractivity contribution in [3.63, 3.8) is 0 Å². The Morgan fingerprint density at radius 1 is 1.32 bits per heavy atom. The van der Waals surface area contributed by atoms with Crippen molar-refractivity contribution in [2.24, 2.45) is 0 Å². The number of rotatable bonds is 4. The van der Waals surface area contributed by atoms with Crippen molar-refractivity contribution in [2.75, 3.05) is 18.8 Å². The normalized spacial score (nSPS) is 11.0. The van der Waals surface area contributed by atoms with Crippen LogP contribution in [0.3, 0.4) is 0 Å². The zero-order valence-electron chi connectivity index (χ0n) is 10.1. The zero-order chi connectivity index (χ0) is 14.6. The Kier molecular flexibility index (Phi) is 4.73. The van der Waals surface area contributed by atoms with Crippen molar-refractivity contribution in [1.29, 1.82) is 10.5 Å². The number of nitriles is 2. The summed E-state index contributed by atoms with van der Waals surface area (Å²) in [6.07, 6.45) is 0. The molecule has 0 aliphatic carbocycles. The molecule has 19 heavy (non-hydrogen) atoms. The summed E-state index contributed by atoms with van der Waals surface area (Å²) < 4.78 is 25.2. The molecule has 6 nitrogen and oxygen atoms in total. The van der Waals surface area contributed by atoms with Crippen molar-refractivity contribution >= 4 is 27.3 Å². The van der Waals surface area contributed by atoms with E-state index >= 15 is 0 Å². The van der Waals surface area contributed by atoms with Gasteiger partial charge in [0, 0.05) is 10.7 Å². The number of nitrogen functional groups attached to an aromatic ring is 1. The Bertz CT molecular complexity index is 634. The molecule has 0 saturated carbocycles. The first kappa shape index (κ1) is 15.3. The van der Waals surface area contributed by atoms with E-state index in [1.54, 1.807) is 19.1 Å². The summed E-state index contributed by atoms with van der Waals surface area (Å²) in [5, 5.41) is 17.4. The van der Waals surface area contributed by atoms with Crippen LogP contribution in [0.2, 0.25) is 5.02 Å². The molecule has 0 saturated heterocycles. The van der Waals surface area contributed by atoms with Gasteiger partial charge >= 0.3 is 0 Å². The van der Waals surface area contributed by atoms with Crippen LogP contribution in [0.5, 0.6) is 0 Å². The largest absolute Gasteiger partial charge is 0.398 e. The monoisotopic (exact) mass is 298 g/mol. The van der Waals surface area contributed by atoms with Crippen LogP contribution in [-0.4, -0.2) is 25.8 Å². The number of sulfonamides is 1. The van der Waals surface area contributed by atoms with E-state index in [9.17, 15) is 8.42 Å². The molecule has 0 unspecified atom stereocenters. The summed E-state index contributed by atoms with van der Waals surface area (Å²) in [5.41, 5.74) is 6.48. The molecule has 0 aliphatic rings. The molecule has 0 bridgehead atoms. The highest BCUT2D eigenvalue weighted by atomic mass is 35.5. The van der Waals surface area contributed by atoms with E-state index in [2.05, 4.69) is 0 Å². The average Bonchev–Trinajstić information content (AvgIpc) is 2.35. The van der Waals surface area contributed by atoms with E-state index in [1.165, 1.54) is 12.1 Å². The number of hydrogen-bond donors (Lipinski definition) is 1. The lowest BCUT2D eigenvalue weighted by molar-refractivity contribution is 0.479. The van der Waals surface area contributed by atoms with E-state index in [0.29, 0.717) is 5.56 Å². The molecule has 0 aromatic heterocycles. The van der Waals surface area contributed by atoms with Gasteiger partial charge in [0.25, 0.3) is 0 Å². The summed E-state index contributed by atoms with van der Waals surface area (Å²) in [6.45, 7) is 0.832. The van der Waals surface area contributed by atoms with E-state index in [1.807, 2.05) is 0 Å². The van der Waals surface area contributed by atoms with Gasteiger partial charge in [-0.3, -0.25) is 0 Å². The second kappa shape index (κ2) is 5.89. The SMILES string of the molecule is Cc1c(N)cc(S(=O)(=O)N(CC#N)CC#N)cc1Cl. The van der Waals surface area contributed by atoms with Gasteiger partial charge in [0.05, 0.1) is 17.0 Å². The quantitative estimate of drug-likeness (QED) is 0.664. The van der Waals surface area contributed by atoms with Crippen LogP contribution >= 0.6 is 11.6 Å². The van der Waals surface area contributed by atoms with Crippen LogP contribution in [0.25, 0.3) is 0 Å². The number of halogens is 1. The molecule has 8 heteroatoms. The highest BCUT2D eigenvalue weighted by Crippen LogP contribution is 2.27. The third kappa shape index (κ3) is 3.15. The van der Waals surface area contributed by atoms with Crippen LogP contribution in [0.15, 0.2) is 17.0 Å². The first-order valence-corrected chi connectivity index (χ1v) is 6.96. The van der Waals surface area contributed by atoms with Gasteiger partial charge in [-0.05, 0) is 24.6 Å². The van der Waals surface area contributed by atoms with Crippen LogP contribution in [0.4, 0.5) is 5.69 Å². The number of nitrogens with zero attached hydrogens (tertiary/aromatic N) is 3. The number of benzene rings is 1. The van der Waals surface area contributed by atoms with Gasteiger partial charge in [-0.25, -0.2) is 8.42 Å². The highest BCUT2D eigenvalue weighted by molar-refractivity contribution is 7.89. The summed E-state index contributed by atoms with van der Waals surface area (Å²) in [7, 11) is -3.96. The molecule has 1 rings (SSSR count). The van der Waals surface area contributed by atoms with Crippen molar-refractivity contribution in [3.8, 4) is 12.1 Å². The van der Waals surface area contributed by atoms with Gasteiger partial charge in [0.15, 0.2) is 0 Å². The summed E-state index contributed by atoms with van der Waals surface area (Å²) in [4.78, 5) is -0.133. The summed E-state index contributed by atoms with van der Waals surface area (Å²) in [5.74, 6) is 0. The lowest BCUT2D eigenvalue weighted by atomic mass is 10.2. The fourth-order valence-corrected chi connectivity index (χ4v) is 2.94. The van der Waals surface area contributed by atoms with Gasteiger partial charge < -0.3 is 5.73 Å². The lowest BCUT2D eigenvalue weighted by Crippen LogP contribution is -2.32. The standard InChI is InChI=1S/C11H11ClN4O2S/c1-8-10(12)6-9(7-11(8)15)19(17,18)16(4-2-13)5-3-14/h6-7H,4-5,15H2,1H3. The van der Waals surface area contributed by atoms with Crippen LogP contribution in [0, 0.1) is 29.6 Å². The van der Waals surface area contributed by atoms with E-state index in [4.69, 9.17) is 27.9 Å². The van der Waals surface area contributed by atoms with Gasteiger partial charge in [-0.1, -0.05) is 11.6 Å². The smallest absolute Gasteiger partial charge is 0.245 e. The summed E-state index contributed by atoms with van der Waals surface area (Å²) >= 11 is 5.89. The Morgan fingerprint density at radius 3 is 2.26 bits per heavy atom. The molecule has 0 aliphatic heterocycles. The van der Waals surface area contributed by atoms with Crippen molar-refractivity contribution in [2.45, 2.75) is 11.8 Å². The lowest BCUT2D eigenvalue weighted by Gasteiger charge is -2.17. The molecule has 0 heterocycles. The molecule has 1 aromatic carbocycles. The van der Waals surface area contributed by atoms with Crippen LogP contribution in [-0.2, 0) is 10.0 Å². The third-order valence-corrected chi connectivity index (χ3v) is 4.65. The fourth-order valence-electron chi connectivity index (χ4n) is 1.36. The Hall–Kier alpha value is -1.80. The summed E-state index contributed by atoms with van der Waals surface area (Å²) in [6, 6.07) is 5.92. The molecular formula is C11H11ClN4O2S. The predicted molar refractivity (Wildman–Crippen MR) is 70.6 cm³/mol. The maximum atomic E-state index is 12.2. The molecule has 100 valence electrons. The van der Waals surface area contributed by atoms with Gasteiger partial charge in [0.1, 0.15) is 13.1 Å². The van der Waals surface area contributed by atoms with Gasteiger partial charge in [0.2, 0.25) is 10.0 Å². The zero-order valence-corrected chi connectivity index (χ0v) is 11.7. The van der Waals surface area contributed by atoms with Crippen LogP contribution < -0.4 is 5.73 Å². The molecule has 0 radical (unpaired) electrons. The number of anilines is 1. The van der Waals surface area contributed by atoms with Crippen molar-refractivity contribution in [1.82, 2.24) is 4.31 Å². The predicted octanol–water partition coefficient (Wildman–Crippen LogP) is 1.27. The first-order chi connectivity index (χ1) is 8.84. The fraction of sp³-hybridized carbons (Fsp3) is 0.273. The second-order valence-electron chi connectivity index (χ2n) is 3.71. The van der Waals surface area contributed by atoms with E-state index in [-0.39, 0.29) is 15.6 Å². The number of nitrogens with two attached hydrogens (primary N) is 1. The van der Waals surface area contributed by atoms with Crippen LogP contribution in [0.1, 0.15) is 5.56 Å². The molecule has 0 fully saturated rings. The molecule has 0 atom stereocenters. The van der Waals surface area contributed by atoms with E-state index < -0.39 is 23.1 Å². The minimum Gasteiger partial charge on any atom is -0.398 e. The minimum atomic E-state index is -3.96. The maximum absolute atomic E-state index is 12.2. The number of hydrogen-bond acceptors (Lipinski definition) is 5. The highest BCUT2D eigenvalue weighted by Gasteiger charge is 2.25. The molecule has 0 spiro atoms. The van der Waals surface area contributed by atoms with Gasteiger partial charge in [-0.15, -0.1) is 0 Å². The Labute approximate surface area is 116 Å². The molecule has 0 amide bonds. The van der Waals surface area contributed by atoms with Gasteiger partial charge in [-0.2, -0.15) is 14.8 Å². The maximum Gasteiger partial charge on any atom is 0.245 e. The van der Waals surface area contributed by atoms with Crippen molar-refractivity contribution in [3.05, 3.63) is 22.7 Å². The molecule has 2 N–H and O–H groups in total. The average molecular weight is 299 g/mol. The Morgan fingerprint density at radius 2 is 1.84 bits per heavy atom. The first-order valence-electron chi connectivity index (χ1n) is 5.14. The molecule has 1 aromatic rings. The topological polar surface area (TPSA) is 111 Å². The minimum absolute atomic E-state index is 0.133. The Balaban J connectivity index is 3.35. The molecular weight excluding hydrogens is 288 g/mol.